The molecular formula is C15H15BrO2. The molecule has 2 nitrogen and oxygen atoms in total. The molecule has 0 heterocycles. The molecule has 18 heavy (non-hydrogen) atoms. The lowest BCUT2D eigenvalue weighted by atomic mass is 10.2. The van der Waals surface area contributed by atoms with Gasteiger partial charge in [-0.2, -0.15) is 0 Å². The van der Waals surface area contributed by atoms with Crippen LogP contribution in [0, 0.1) is 0 Å². The predicted molar refractivity (Wildman–Crippen MR) is 75.7 cm³/mol. The van der Waals surface area contributed by atoms with Crippen molar-refractivity contribution in [3.63, 3.8) is 0 Å². The lowest BCUT2D eigenvalue weighted by Crippen LogP contribution is -2.06. The van der Waals surface area contributed by atoms with Gasteiger partial charge >= 0.3 is 0 Å². The molecule has 0 aromatic heterocycles. The molecule has 0 radical (unpaired) electrons. The van der Waals surface area contributed by atoms with Crippen LogP contribution in [0.4, 0.5) is 0 Å². The Labute approximate surface area is 116 Å². The number of hydrogen-bond donors (Lipinski definition) is 0. The third kappa shape index (κ3) is 4.51. The molecular weight excluding hydrogens is 292 g/mol. The molecule has 2 aromatic rings. The van der Waals surface area contributed by atoms with E-state index < -0.39 is 0 Å². The van der Waals surface area contributed by atoms with Gasteiger partial charge in [0.2, 0.25) is 0 Å². The number of ether oxygens (including phenoxy) is 2. The first-order chi connectivity index (χ1) is 8.84. The van der Waals surface area contributed by atoms with Crippen molar-refractivity contribution in [3.8, 4) is 5.75 Å². The molecule has 0 aliphatic carbocycles. The van der Waals surface area contributed by atoms with Crippen LogP contribution in [-0.4, -0.2) is 13.2 Å². The van der Waals surface area contributed by atoms with Gasteiger partial charge in [0.25, 0.3) is 0 Å². The highest BCUT2D eigenvalue weighted by atomic mass is 79.9. The Morgan fingerprint density at radius 1 is 0.833 bits per heavy atom. The molecule has 0 amide bonds. The molecule has 2 aromatic carbocycles. The molecule has 0 aliphatic rings. The van der Waals surface area contributed by atoms with Crippen LogP contribution in [0.5, 0.6) is 5.75 Å². The van der Waals surface area contributed by atoms with Crippen LogP contribution in [0.25, 0.3) is 0 Å². The van der Waals surface area contributed by atoms with E-state index in [2.05, 4.69) is 15.9 Å². The summed E-state index contributed by atoms with van der Waals surface area (Å²) in [6.45, 7) is 1.77. The van der Waals surface area contributed by atoms with Crippen molar-refractivity contribution in [2.75, 3.05) is 13.2 Å². The van der Waals surface area contributed by atoms with Gasteiger partial charge in [0.05, 0.1) is 13.2 Å². The van der Waals surface area contributed by atoms with Crippen LogP contribution in [0.2, 0.25) is 0 Å². The van der Waals surface area contributed by atoms with Crippen LogP contribution in [0.15, 0.2) is 59.1 Å². The van der Waals surface area contributed by atoms with Crippen molar-refractivity contribution in [1.82, 2.24) is 0 Å². The lowest BCUT2D eigenvalue weighted by molar-refractivity contribution is 0.0889. The van der Waals surface area contributed by atoms with Crippen molar-refractivity contribution in [2.24, 2.45) is 0 Å². The number of para-hydroxylation sites is 1. The summed E-state index contributed by atoms with van der Waals surface area (Å²) in [7, 11) is 0. The van der Waals surface area contributed by atoms with Crippen molar-refractivity contribution in [1.29, 1.82) is 0 Å². The summed E-state index contributed by atoms with van der Waals surface area (Å²) >= 11 is 3.40. The SMILES string of the molecule is Brc1ccc(COCCOc2ccccc2)cc1. The Kier molecular flexibility index (Phi) is 5.24. The molecule has 0 saturated heterocycles. The molecule has 0 unspecified atom stereocenters. The van der Waals surface area contributed by atoms with Crippen LogP contribution in [0.1, 0.15) is 5.56 Å². The normalized spacial score (nSPS) is 10.3. The Hall–Kier alpha value is -1.32. The Bertz CT molecular complexity index is 454. The fourth-order valence-electron chi connectivity index (χ4n) is 1.51. The van der Waals surface area contributed by atoms with Gasteiger partial charge in [0, 0.05) is 4.47 Å². The first kappa shape index (κ1) is 13.1. The largest absolute Gasteiger partial charge is 0.491 e. The maximum Gasteiger partial charge on any atom is 0.119 e. The van der Waals surface area contributed by atoms with E-state index >= 15 is 0 Å². The maximum atomic E-state index is 5.54. The summed E-state index contributed by atoms with van der Waals surface area (Å²) in [4.78, 5) is 0. The van der Waals surface area contributed by atoms with E-state index in [0.717, 1.165) is 15.8 Å². The van der Waals surface area contributed by atoms with E-state index in [1.165, 1.54) is 0 Å². The summed E-state index contributed by atoms with van der Waals surface area (Å²) in [5.74, 6) is 0.879. The summed E-state index contributed by atoms with van der Waals surface area (Å²) in [5.41, 5.74) is 1.16. The fourth-order valence-corrected chi connectivity index (χ4v) is 1.77. The zero-order chi connectivity index (χ0) is 12.6. The van der Waals surface area contributed by atoms with E-state index in [0.29, 0.717) is 19.8 Å². The van der Waals surface area contributed by atoms with Crippen LogP contribution in [-0.2, 0) is 11.3 Å². The molecule has 94 valence electrons. The summed E-state index contributed by atoms with van der Waals surface area (Å²) in [6.07, 6.45) is 0. The first-order valence-electron chi connectivity index (χ1n) is 5.84. The van der Waals surface area contributed by atoms with E-state index in [-0.39, 0.29) is 0 Å². The first-order valence-corrected chi connectivity index (χ1v) is 6.64. The monoisotopic (exact) mass is 306 g/mol. The van der Waals surface area contributed by atoms with Crippen LogP contribution < -0.4 is 4.74 Å². The summed E-state index contributed by atoms with van der Waals surface area (Å²) < 4.78 is 12.2. The zero-order valence-electron chi connectivity index (χ0n) is 10.0. The summed E-state index contributed by atoms with van der Waals surface area (Å²) in [6, 6.07) is 17.9. The Balaban J connectivity index is 1.63. The molecule has 2 rings (SSSR count). The van der Waals surface area contributed by atoms with Gasteiger partial charge in [-0.15, -0.1) is 0 Å². The summed E-state index contributed by atoms with van der Waals surface area (Å²) in [5, 5.41) is 0. The molecule has 0 aliphatic heterocycles. The second kappa shape index (κ2) is 7.19. The third-order valence-corrected chi connectivity index (χ3v) is 2.95. The average Bonchev–Trinajstić information content (AvgIpc) is 2.42. The number of rotatable bonds is 6. The van der Waals surface area contributed by atoms with Crippen molar-refractivity contribution >= 4 is 15.9 Å². The van der Waals surface area contributed by atoms with Gasteiger partial charge in [0.1, 0.15) is 12.4 Å². The quantitative estimate of drug-likeness (QED) is 0.750. The van der Waals surface area contributed by atoms with Gasteiger partial charge in [0.15, 0.2) is 0 Å². The molecule has 0 N–H and O–H groups in total. The standard InChI is InChI=1S/C15H15BrO2/c16-14-8-6-13(7-9-14)12-17-10-11-18-15-4-2-1-3-5-15/h1-9H,10-12H2. The predicted octanol–water partition coefficient (Wildman–Crippen LogP) is 4.04. The minimum absolute atomic E-state index is 0.570. The molecule has 0 atom stereocenters. The van der Waals surface area contributed by atoms with Gasteiger partial charge in [-0.1, -0.05) is 46.3 Å². The Morgan fingerprint density at radius 2 is 1.56 bits per heavy atom. The molecule has 0 fully saturated rings. The molecule has 0 saturated carbocycles. The minimum Gasteiger partial charge on any atom is -0.491 e. The third-order valence-electron chi connectivity index (χ3n) is 2.42. The van der Waals surface area contributed by atoms with Gasteiger partial charge in [-0.3, -0.25) is 0 Å². The maximum absolute atomic E-state index is 5.54. The van der Waals surface area contributed by atoms with Gasteiger partial charge < -0.3 is 9.47 Å². The number of halogens is 1. The Morgan fingerprint density at radius 3 is 2.28 bits per heavy atom. The van der Waals surface area contributed by atoms with Crippen LogP contribution in [0.3, 0.4) is 0 Å². The highest BCUT2D eigenvalue weighted by molar-refractivity contribution is 9.10. The molecule has 3 heteroatoms. The fraction of sp³-hybridized carbons (Fsp3) is 0.200. The topological polar surface area (TPSA) is 18.5 Å². The van der Waals surface area contributed by atoms with E-state index in [1.807, 2.05) is 54.6 Å². The highest BCUT2D eigenvalue weighted by Gasteiger charge is 1.95. The van der Waals surface area contributed by atoms with Gasteiger partial charge in [-0.25, -0.2) is 0 Å². The van der Waals surface area contributed by atoms with E-state index in [9.17, 15) is 0 Å². The lowest BCUT2D eigenvalue weighted by Gasteiger charge is -2.07. The van der Waals surface area contributed by atoms with Crippen molar-refractivity contribution in [3.05, 3.63) is 64.6 Å². The van der Waals surface area contributed by atoms with Gasteiger partial charge in [-0.05, 0) is 29.8 Å². The minimum atomic E-state index is 0.570. The highest BCUT2D eigenvalue weighted by Crippen LogP contribution is 2.11. The van der Waals surface area contributed by atoms with Crippen molar-refractivity contribution in [2.45, 2.75) is 6.61 Å². The van der Waals surface area contributed by atoms with E-state index in [4.69, 9.17) is 9.47 Å². The second-order valence-electron chi connectivity index (χ2n) is 3.84. The van der Waals surface area contributed by atoms with Crippen molar-refractivity contribution < 1.29 is 9.47 Å². The smallest absolute Gasteiger partial charge is 0.119 e. The van der Waals surface area contributed by atoms with E-state index in [1.54, 1.807) is 0 Å². The van der Waals surface area contributed by atoms with Crippen LogP contribution >= 0.6 is 15.9 Å². The molecule has 0 spiro atoms. The number of benzene rings is 2. The molecule has 0 bridgehead atoms. The average molecular weight is 307 g/mol. The second-order valence-corrected chi connectivity index (χ2v) is 4.76. The zero-order valence-corrected chi connectivity index (χ0v) is 11.6. The number of hydrogen-bond acceptors (Lipinski definition) is 2.